The molecule has 1 aliphatic carbocycles. The number of carbonyl (C=O) groups is 2. The minimum Gasteiger partial charge on any atom is -0.447 e. The molecular formula is C18H24ClN3O4. The Hall–Kier alpha value is -1.83. The van der Waals surface area contributed by atoms with Crippen molar-refractivity contribution in [1.82, 2.24) is 5.32 Å². The largest absolute Gasteiger partial charge is 0.447 e. The fourth-order valence-corrected chi connectivity index (χ4v) is 3.87. The van der Waals surface area contributed by atoms with E-state index in [2.05, 4.69) is 10.6 Å². The number of nitrogens with one attached hydrogen (secondary N) is 2. The van der Waals surface area contributed by atoms with Crippen LogP contribution in [0.3, 0.4) is 0 Å². The Morgan fingerprint density at radius 1 is 1.27 bits per heavy atom. The number of morpholine rings is 1. The van der Waals surface area contributed by atoms with Crippen LogP contribution >= 0.6 is 12.4 Å². The molecule has 3 aliphatic rings. The molecule has 0 unspecified atom stereocenters. The molecule has 142 valence electrons. The Bertz CT molecular complexity index is 672. The summed E-state index contributed by atoms with van der Waals surface area (Å²) in [5.74, 6) is 0.0165. The number of cyclic esters (lactones) is 1. The van der Waals surface area contributed by atoms with Crippen molar-refractivity contribution in [2.45, 2.75) is 31.4 Å². The van der Waals surface area contributed by atoms with Gasteiger partial charge in [0.2, 0.25) is 5.91 Å². The lowest BCUT2D eigenvalue weighted by Gasteiger charge is -2.39. The minimum absolute atomic E-state index is 0. The van der Waals surface area contributed by atoms with Gasteiger partial charge in [-0.25, -0.2) is 4.79 Å². The molecule has 4 rings (SSSR count). The second-order valence-electron chi connectivity index (χ2n) is 6.79. The molecule has 0 bridgehead atoms. The number of amides is 2. The lowest BCUT2D eigenvalue weighted by Crippen LogP contribution is -2.52. The average molecular weight is 382 g/mol. The van der Waals surface area contributed by atoms with Crippen LogP contribution in [0.15, 0.2) is 24.3 Å². The Labute approximate surface area is 158 Å². The smallest absolute Gasteiger partial charge is 0.414 e. The van der Waals surface area contributed by atoms with Gasteiger partial charge in [0.1, 0.15) is 6.61 Å². The number of anilines is 2. The number of fused-ring (bicyclic) bond motifs is 1. The van der Waals surface area contributed by atoms with E-state index >= 15 is 0 Å². The molecule has 2 saturated heterocycles. The molecule has 1 aromatic rings. The van der Waals surface area contributed by atoms with Gasteiger partial charge >= 0.3 is 6.09 Å². The summed E-state index contributed by atoms with van der Waals surface area (Å²) in [6, 6.07) is 7.61. The third-order valence-electron chi connectivity index (χ3n) is 5.18. The monoisotopic (exact) mass is 381 g/mol. The molecule has 26 heavy (non-hydrogen) atoms. The van der Waals surface area contributed by atoms with Gasteiger partial charge in [-0.1, -0.05) is 6.07 Å². The number of hydrogen-bond donors (Lipinski definition) is 2. The normalized spacial score (nSPS) is 27.9. The Morgan fingerprint density at radius 3 is 2.96 bits per heavy atom. The summed E-state index contributed by atoms with van der Waals surface area (Å²) in [5, 5.41) is 6.46. The van der Waals surface area contributed by atoms with Gasteiger partial charge in [-0.2, -0.15) is 0 Å². The van der Waals surface area contributed by atoms with E-state index < -0.39 is 0 Å². The molecule has 2 heterocycles. The fourth-order valence-electron chi connectivity index (χ4n) is 3.87. The van der Waals surface area contributed by atoms with Crippen molar-refractivity contribution in [1.29, 1.82) is 0 Å². The maximum atomic E-state index is 12.7. The summed E-state index contributed by atoms with van der Waals surface area (Å²) in [4.78, 5) is 25.9. The van der Waals surface area contributed by atoms with E-state index in [0.717, 1.165) is 38.1 Å². The highest BCUT2D eigenvalue weighted by atomic mass is 35.5. The van der Waals surface area contributed by atoms with Gasteiger partial charge < -0.3 is 20.1 Å². The molecule has 2 N–H and O–H groups in total. The molecule has 3 atom stereocenters. The van der Waals surface area contributed by atoms with Crippen molar-refractivity contribution in [3.05, 3.63) is 24.3 Å². The standard InChI is InChI=1S/C18H23N3O4.ClH/c22-17(12-4-5-16-15(10-12)19-6-8-24-16)20-13-2-1-3-14(11-13)21-7-9-25-18(21)23;/h1-3,11-12,15-16,19H,4-10H2,(H,20,22);1H/t12-,15+,16+;/m0./s1. The first-order chi connectivity index (χ1) is 12.2. The van der Waals surface area contributed by atoms with Crippen LogP contribution in [0.2, 0.25) is 0 Å². The van der Waals surface area contributed by atoms with Gasteiger partial charge in [0.25, 0.3) is 0 Å². The van der Waals surface area contributed by atoms with Crippen LogP contribution in [-0.2, 0) is 14.3 Å². The van der Waals surface area contributed by atoms with Crippen molar-refractivity contribution in [2.24, 2.45) is 5.92 Å². The third-order valence-corrected chi connectivity index (χ3v) is 5.18. The molecule has 0 spiro atoms. The van der Waals surface area contributed by atoms with E-state index in [1.807, 2.05) is 24.3 Å². The molecular weight excluding hydrogens is 358 g/mol. The summed E-state index contributed by atoms with van der Waals surface area (Å²) in [6.45, 7) is 2.54. The molecule has 1 saturated carbocycles. The van der Waals surface area contributed by atoms with Crippen molar-refractivity contribution in [2.75, 3.05) is 36.5 Å². The first-order valence-corrected chi connectivity index (χ1v) is 8.91. The van der Waals surface area contributed by atoms with E-state index in [9.17, 15) is 9.59 Å². The summed E-state index contributed by atoms with van der Waals surface area (Å²) < 4.78 is 10.7. The van der Waals surface area contributed by atoms with Crippen molar-refractivity contribution >= 4 is 35.8 Å². The van der Waals surface area contributed by atoms with Crippen LogP contribution < -0.4 is 15.5 Å². The van der Waals surface area contributed by atoms with Crippen LogP contribution in [-0.4, -0.2) is 50.4 Å². The predicted molar refractivity (Wildman–Crippen MR) is 99.9 cm³/mol. The van der Waals surface area contributed by atoms with E-state index in [1.54, 1.807) is 4.90 Å². The molecule has 7 nitrogen and oxygen atoms in total. The maximum absolute atomic E-state index is 12.7. The molecule has 1 aromatic carbocycles. The van der Waals surface area contributed by atoms with E-state index in [-0.39, 0.29) is 42.5 Å². The summed E-state index contributed by atoms with van der Waals surface area (Å²) in [5.41, 5.74) is 1.45. The topological polar surface area (TPSA) is 79.9 Å². The van der Waals surface area contributed by atoms with Crippen molar-refractivity contribution < 1.29 is 19.1 Å². The molecule has 3 fully saturated rings. The highest BCUT2D eigenvalue weighted by molar-refractivity contribution is 5.94. The van der Waals surface area contributed by atoms with Crippen LogP contribution in [0.25, 0.3) is 0 Å². The number of hydrogen-bond acceptors (Lipinski definition) is 5. The molecule has 0 aromatic heterocycles. The van der Waals surface area contributed by atoms with E-state index in [0.29, 0.717) is 18.8 Å². The summed E-state index contributed by atoms with van der Waals surface area (Å²) in [6.07, 6.45) is 2.45. The van der Waals surface area contributed by atoms with E-state index in [1.165, 1.54) is 0 Å². The van der Waals surface area contributed by atoms with Gasteiger partial charge in [0.15, 0.2) is 0 Å². The fraction of sp³-hybridized carbons (Fsp3) is 0.556. The Kier molecular flexibility index (Phi) is 6.01. The number of carbonyl (C=O) groups excluding carboxylic acids is 2. The third kappa shape index (κ3) is 3.95. The molecule has 2 amide bonds. The van der Waals surface area contributed by atoms with E-state index in [4.69, 9.17) is 9.47 Å². The predicted octanol–water partition coefficient (Wildman–Crippen LogP) is 2.16. The van der Waals surface area contributed by atoms with Crippen LogP contribution in [0, 0.1) is 5.92 Å². The van der Waals surface area contributed by atoms with Gasteiger partial charge in [-0.3, -0.25) is 9.69 Å². The Morgan fingerprint density at radius 2 is 2.15 bits per heavy atom. The van der Waals surface area contributed by atoms with Crippen molar-refractivity contribution in [3.8, 4) is 0 Å². The number of benzene rings is 1. The minimum atomic E-state index is -0.342. The molecule has 2 aliphatic heterocycles. The first kappa shape index (κ1) is 18.9. The average Bonchev–Trinajstić information content (AvgIpc) is 3.07. The number of nitrogens with zero attached hydrogens (tertiary/aromatic N) is 1. The Balaban J connectivity index is 0.00000196. The summed E-state index contributed by atoms with van der Waals surface area (Å²) >= 11 is 0. The van der Waals surface area contributed by atoms with Gasteiger partial charge in [-0.15, -0.1) is 12.4 Å². The van der Waals surface area contributed by atoms with Gasteiger partial charge in [-0.05, 0) is 37.5 Å². The van der Waals surface area contributed by atoms with Crippen LogP contribution in [0.5, 0.6) is 0 Å². The van der Waals surface area contributed by atoms with Crippen molar-refractivity contribution in [3.63, 3.8) is 0 Å². The number of halogens is 1. The maximum Gasteiger partial charge on any atom is 0.414 e. The first-order valence-electron chi connectivity index (χ1n) is 8.91. The van der Waals surface area contributed by atoms with Crippen LogP contribution in [0.1, 0.15) is 19.3 Å². The zero-order valence-electron chi connectivity index (χ0n) is 14.5. The number of ether oxygens (including phenoxy) is 2. The second-order valence-corrected chi connectivity index (χ2v) is 6.79. The summed E-state index contributed by atoms with van der Waals surface area (Å²) in [7, 11) is 0. The molecule has 8 heteroatoms. The second kappa shape index (κ2) is 8.24. The molecule has 0 radical (unpaired) electrons. The number of rotatable bonds is 3. The van der Waals surface area contributed by atoms with Gasteiger partial charge in [0.05, 0.1) is 19.3 Å². The SMILES string of the molecule is Cl.O=C(Nc1cccc(N2CCOC2=O)c1)[C@H]1CC[C@H]2OCCN[C@@H]2C1. The highest BCUT2D eigenvalue weighted by Gasteiger charge is 2.36. The highest BCUT2D eigenvalue weighted by Crippen LogP contribution is 2.30. The quantitative estimate of drug-likeness (QED) is 0.838. The lowest BCUT2D eigenvalue weighted by molar-refractivity contribution is -0.123. The zero-order valence-corrected chi connectivity index (χ0v) is 15.3. The lowest BCUT2D eigenvalue weighted by atomic mass is 9.82. The van der Waals surface area contributed by atoms with Gasteiger partial charge in [0, 0.05) is 29.9 Å². The zero-order chi connectivity index (χ0) is 17.2. The van der Waals surface area contributed by atoms with Crippen LogP contribution in [0.4, 0.5) is 16.2 Å².